The lowest BCUT2D eigenvalue weighted by molar-refractivity contribution is -0.123. The van der Waals surface area contributed by atoms with E-state index in [0.29, 0.717) is 16.1 Å². The molecule has 0 radical (unpaired) electrons. The molecule has 1 amide bonds. The molecule has 1 atom stereocenters. The summed E-state index contributed by atoms with van der Waals surface area (Å²) in [6.45, 7) is 1.42. The zero-order valence-electron chi connectivity index (χ0n) is 13.7. The predicted octanol–water partition coefficient (Wildman–Crippen LogP) is 3.63. The molecule has 0 aliphatic rings. The molecule has 0 aliphatic carbocycles. The van der Waals surface area contributed by atoms with E-state index in [9.17, 15) is 14.4 Å². The minimum atomic E-state index is -1.09. The Hall–Kier alpha value is -3.12. The van der Waals surface area contributed by atoms with Crippen LogP contribution in [0.25, 0.3) is 11.0 Å². The van der Waals surface area contributed by atoms with Gasteiger partial charge in [0, 0.05) is 16.8 Å². The number of anilines is 1. The molecule has 6 nitrogen and oxygen atoms in total. The van der Waals surface area contributed by atoms with Crippen molar-refractivity contribution in [3.8, 4) is 0 Å². The number of hydrogen-bond acceptors (Lipinski definition) is 5. The zero-order chi connectivity index (χ0) is 18.7. The van der Waals surface area contributed by atoms with E-state index in [-0.39, 0.29) is 16.8 Å². The molecule has 0 fully saturated rings. The quantitative estimate of drug-likeness (QED) is 0.708. The molecule has 26 heavy (non-hydrogen) atoms. The SMILES string of the molecule is C[C@@H](OC(=O)c1cc(=O)c2ccccc2o1)C(=O)Nc1ccc(Cl)cc1. The summed E-state index contributed by atoms with van der Waals surface area (Å²) in [6, 6.07) is 14.1. The third kappa shape index (κ3) is 3.92. The van der Waals surface area contributed by atoms with E-state index in [1.807, 2.05) is 0 Å². The van der Waals surface area contributed by atoms with Crippen molar-refractivity contribution in [2.24, 2.45) is 0 Å². The van der Waals surface area contributed by atoms with Crippen LogP contribution in [0.5, 0.6) is 0 Å². The number of nitrogens with one attached hydrogen (secondary N) is 1. The summed E-state index contributed by atoms with van der Waals surface area (Å²) in [5.74, 6) is -1.68. The number of para-hydroxylation sites is 1. The number of ether oxygens (including phenoxy) is 1. The van der Waals surface area contributed by atoms with Gasteiger partial charge in [-0.2, -0.15) is 0 Å². The molecule has 1 aromatic heterocycles. The lowest BCUT2D eigenvalue weighted by Crippen LogP contribution is -2.30. The van der Waals surface area contributed by atoms with Gasteiger partial charge in [0.25, 0.3) is 5.91 Å². The molecule has 0 saturated heterocycles. The first-order valence-electron chi connectivity index (χ1n) is 7.74. The molecule has 3 aromatic rings. The monoisotopic (exact) mass is 371 g/mol. The Bertz CT molecular complexity index is 1030. The molecule has 7 heteroatoms. The fraction of sp³-hybridized carbons (Fsp3) is 0.105. The van der Waals surface area contributed by atoms with Crippen molar-refractivity contribution in [3.05, 3.63) is 75.6 Å². The number of esters is 1. The van der Waals surface area contributed by atoms with E-state index in [1.165, 1.54) is 6.92 Å². The maximum atomic E-state index is 12.2. The van der Waals surface area contributed by atoms with Gasteiger partial charge in [0.15, 0.2) is 11.5 Å². The molecule has 2 aromatic carbocycles. The van der Waals surface area contributed by atoms with Crippen molar-refractivity contribution in [1.82, 2.24) is 0 Å². The van der Waals surface area contributed by atoms with E-state index in [2.05, 4.69) is 5.32 Å². The van der Waals surface area contributed by atoms with Crippen LogP contribution in [0.1, 0.15) is 17.5 Å². The van der Waals surface area contributed by atoms with E-state index in [1.54, 1.807) is 48.5 Å². The van der Waals surface area contributed by atoms with Crippen LogP contribution < -0.4 is 10.7 Å². The lowest BCUT2D eigenvalue weighted by atomic mass is 10.2. The third-order valence-electron chi connectivity index (χ3n) is 3.60. The molecule has 0 unspecified atom stereocenters. The molecule has 0 bridgehead atoms. The molecule has 0 saturated carbocycles. The summed E-state index contributed by atoms with van der Waals surface area (Å²) in [5, 5.41) is 3.49. The van der Waals surface area contributed by atoms with Crippen LogP contribution >= 0.6 is 11.6 Å². The highest BCUT2D eigenvalue weighted by atomic mass is 35.5. The first-order valence-corrected chi connectivity index (χ1v) is 8.12. The number of rotatable bonds is 4. The summed E-state index contributed by atoms with van der Waals surface area (Å²) in [5.41, 5.74) is 0.418. The van der Waals surface area contributed by atoms with Crippen LogP contribution in [-0.4, -0.2) is 18.0 Å². The highest BCUT2D eigenvalue weighted by molar-refractivity contribution is 6.30. The Morgan fingerprint density at radius 2 is 1.81 bits per heavy atom. The highest BCUT2D eigenvalue weighted by Gasteiger charge is 2.21. The Kier molecular flexibility index (Phi) is 5.04. The Morgan fingerprint density at radius 3 is 2.54 bits per heavy atom. The molecular weight excluding hydrogens is 358 g/mol. The fourth-order valence-electron chi connectivity index (χ4n) is 2.25. The van der Waals surface area contributed by atoms with Crippen molar-refractivity contribution >= 4 is 40.1 Å². The van der Waals surface area contributed by atoms with Crippen LogP contribution in [0, 0.1) is 0 Å². The van der Waals surface area contributed by atoms with Crippen LogP contribution in [0.4, 0.5) is 5.69 Å². The molecular formula is C19H14ClNO5. The van der Waals surface area contributed by atoms with Gasteiger partial charge in [0.1, 0.15) is 5.58 Å². The van der Waals surface area contributed by atoms with Gasteiger partial charge in [-0.15, -0.1) is 0 Å². The Labute approximate surface area is 153 Å². The number of halogens is 1. The lowest BCUT2D eigenvalue weighted by Gasteiger charge is -2.13. The van der Waals surface area contributed by atoms with Crippen molar-refractivity contribution in [2.75, 3.05) is 5.32 Å². The van der Waals surface area contributed by atoms with E-state index in [4.69, 9.17) is 20.8 Å². The first-order chi connectivity index (χ1) is 12.4. The van der Waals surface area contributed by atoms with E-state index >= 15 is 0 Å². The summed E-state index contributed by atoms with van der Waals surface area (Å²) in [7, 11) is 0. The number of amides is 1. The number of carbonyl (C=O) groups is 2. The standard InChI is InChI=1S/C19H14ClNO5/c1-11(18(23)21-13-8-6-12(20)7-9-13)25-19(24)17-10-15(22)14-4-2-3-5-16(14)26-17/h2-11H,1H3,(H,21,23)/t11-/m1/s1. The van der Waals surface area contributed by atoms with Crippen molar-refractivity contribution in [3.63, 3.8) is 0 Å². The van der Waals surface area contributed by atoms with E-state index in [0.717, 1.165) is 6.07 Å². The van der Waals surface area contributed by atoms with Crippen molar-refractivity contribution < 1.29 is 18.7 Å². The number of fused-ring (bicyclic) bond motifs is 1. The summed E-state index contributed by atoms with van der Waals surface area (Å²) in [6.07, 6.45) is -1.09. The van der Waals surface area contributed by atoms with Gasteiger partial charge in [-0.05, 0) is 43.3 Å². The van der Waals surface area contributed by atoms with Gasteiger partial charge in [0.2, 0.25) is 5.76 Å². The zero-order valence-corrected chi connectivity index (χ0v) is 14.4. The van der Waals surface area contributed by atoms with Crippen LogP contribution in [0.15, 0.2) is 63.8 Å². The number of benzene rings is 2. The van der Waals surface area contributed by atoms with Gasteiger partial charge in [-0.25, -0.2) is 4.79 Å². The fourth-order valence-corrected chi connectivity index (χ4v) is 2.38. The maximum absolute atomic E-state index is 12.2. The van der Waals surface area contributed by atoms with Crippen LogP contribution in [0.2, 0.25) is 5.02 Å². The van der Waals surface area contributed by atoms with Crippen molar-refractivity contribution in [1.29, 1.82) is 0 Å². The highest BCUT2D eigenvalue weighted by Crippen LogP contribution is 2.15. The second kappa shape index (κ2) is 7.41. The molecule has 0 spiro atoms. The van der Waals surface area contributed by atoms with Gasteiger partial charge in [0.05, 0.1) is 5.39 Å². The topological polar surface area (TPSA) is 85.6 Å². The van der Waals surface area contributed by atoms with Crippen molar-refractivity contribution in [2.45, 2.75) is 13.0 Å². The summed E-state index contributed by atoms with van der Waals surface area (Å²) in [4.78, 5) is 36.4. The largest absolute Gasteiger partial charge is 0.449 e. The molecule has 132 valence electrons. The second-order valence-electron chi connectivity index (χ2n) is 5.51. The van der Waals surface area contributed by atoms with Crippen LogP contribution in [-0.2, 0) is 9.53 Å². The number of hydrogen-bond donors (Lipinski definition) is 1. The third-order valence-corrected chi connectivity index (χ3v) is 3.85. The van der Waals surface area contributed by atoms with Gasteiger partial charge >= 0.3 is 5.97 Å². The molecule has 1 heterocycles. The van der Waals surface area contributed by atoms with Crippen LogP contribution in [0.3, 0.4) is 0 Å². The minimum Gasteiger partial charge on any atom is -0.449 e. The number of carbonyl (C=O) groups excluding carboxylic acids is 2. The molecule has 1 N–H and O–H groups in total. The summed E-state index contributed by atoms with van der Waals surface area (Å²) >= 11 is 5.78. The van der Waals surface area contributed by atoms with Gasteiger partial charge < -0.3 is 14.5 Å². The Morgan fingerprint density at radius 1 is 1.12 bits per heavy atom. The second-order valence-corrected chi connectivity index (χ2v) is 5.95. The average molecular weight is 372 g/mol. The van der Waals surface area contributed by atoms with Gasteiger partial charge in [-0.3, -0.25) is 9.59 Å². The smallest absolute Gasteiger partial charge is 0.375 e. The minimum absolute atomic E-state index is 0.264. The normalized spacial score (nSPS) is 11.8. The van der Waals surface area contributed by atoms with Gasteiger partial charge in [-0.1, -0.05) is 23.7 Å². The first kappa shape index (κ1) is 17.7. The average Bonchev–Trinajstić information content (AvgIpc) is 2.63. The molecule has 3 rings (SSSR count). The summed E-state index contributed by atoms with van der Waals surface area (Å²) < 4.78 is 10.5. The Balaban J connectivity index is 1.71. The van der Waals surface area contributed by atoms with E-state index < -0.39 is 18.0 Å². The molecule has 0 aliphatic heterocycles. The maximum Gasteiger partial charge on any atom is 0.375 e. The predicted molar refractivity (Wildman–Crippen MR) is 97.4 cm³/mol.